The van der Waals surface area contributed by atoms with E-state index in [1.165, 1.54) is 29.5 Å². The van der Waals surface area contributed by atoms with Crippen LogP contribution in [-0.2, 0) is 13.0 Å². The quantitative estimate of drug-likeness (QED) is 0.927. The molecule has 1 aliphatic rings. The summed E-state index contributed by atoms with van der Waals surface area (Å²) in [6.07, 6.45) is 2.24. The van der Waals surface area contributed by atoms with Gasteiger partial charge in [-0.05, 0) is 23.6 Å². The van der Waals surface area contributed by atoms with Crippen LogP contribution in [0.1, 0.15) is 21.5 Å². The summed E-state index contributed by atoms with van der Waals surface area (Å²) in [4.78, 5) is 25.1. The minimum atomic E-state index is -0.455. The number of hydrogen-bond acceptors (Lipinski definition) is 4. The van der Waals surface area contributed by atoms with Gasteiger partial charge in [-0.15, -0.1) is 0 Å². The number of hydrogen-bond donors (Lipinski definition) is 1. The zero-order valence-electron chi connectivity index (χ0n) is 12.2. The summed E-state index contributed by atoms with van der Waals surface area (Å²) in [5.74, 6) is -0.221. The number of fused-ring (bicyclic) bond motifs is 1. The second-order valence-electron chi connectivity index (χ2n) is 5.39. The minimum Gasteiger partial charge on any atom is -0.430 e. The molecule has 1 N–H and O–H groups in total. The summed E-state index contributed by atoms with van der Waals surface area (Å²) in [7, 11) is 0. The number of nitrogens with zero attached hydrogens (tertiary/aromatic N) is 1. The van der Waals surface area contributed by atoms with E-state index in [4.69, 9.17) is 0 Å². The van der Waals surface area contributed by atoms with Crippen LogP contribution in [0.4, 0.5) is 0 Å². The molecule has 0 atom stereocenters. The SMILES string of the molecule is O=C(NCCN1CCc2ccccc2C1)c1ccc(=O)oc1. The Kier molecular flexibility index (Phi) is 4.34. The molecular weight excluding hydrogens is 280 g/mol. The van der Waals surface area contributed by atoms with Crippen molar-refractivity contribution in [3.8, 4) is 0 Å². The van der Waals surface area contributed by atoms with Gasteiger partial charge in [0.2, 0.25) is 0 Å². The molecule has 1 aromatic heterocycles. The Labute approximate surface area is 128 Å². The van der Waals surface area contributed by atoms with Gasteiger partial charge >= 0.3 is 5.63 Å². The standard InChI is InChI=1S/C17H18N2O3/c20-16-6-5-15(12-22-16)17(21)18-8-10-19-9-7-13-3-1-2-4-14(13)11-19/h1-6,12H,7-11H2,(H,18,21). The first-order valence-electron chi connectivity index (χ1n) is 7.38. The first kappa shape index (κ1) is 14.5. The van der Waals surface area contributed by atoms with Crippen LogP contribution in [0.5, 0.6) is 0 Å². The second-order valence-corrected chi connectivity index (χ2v) is 5.39. The Morgan fingerprint density at radius 2 is 2.00 bits per heavy atom. The third kappa shape index (κ3) is 3.43. The zero-order valence-corrected chi connectivity index (χ0v) is 12.2. The number of amides is 1. The molecule has 114 valence electrons. The van der Waals surface area contributed by atoms with Crippen molar-refractivity contribution in [1.29, 1.82) is 0 Å². The van der Waals surface area contributed by atoms with Crippen LogP contribution in [0.2, 0.25) is 0 Å². The van der Waals surface area contributed by atoms with Gasteiger partial charge in [0.05, 0.1) is 5.56 Å². The van der Waals surface area contributed by atoms with Gasteiger partial charge in [0.15, 0.2) is 0 Å². The molecule has 1 aromatic carbocycles. The Balaban J connectivity index is 1.49. The largest absolute Gasteiger partial charge is 0.430 e. The van der Waals surface area contributed by atoms with E-state index in [0.717, 1.165) is 26.1 Å². The summed E-state index contributed by atoms with van der Waals surface area (Å²) in [5, 5.41) is 2.85. The molecule has 22 heavy (non-hydrogen) atoms. The Hall–Kier alpha value is -2.40. The van der Waals surface area contributed by atoms with Gasteiger partial charge in [-0.1, -0.05) is 24.3 Å². The molecule has 2 aromatic rings. The van der Waals surface area contributed by atoms with E-state index in [9.17, 15) is 9.59 Å². The summed E-state index contributed by atoms with van der Waals surface area (Å²) >= 11 is 0. The molecule has 1 amide bonds. The summed E-state index contributed by atoms with van der Waals surface area (Å²) in [6.45, 7) is 3.30. The number of carbonyl (C=O) groups is 1. The molecule has 2 heterocycles. The van der Waals surface area contributed by atoms with Crippen LogP contribution in [0.15, 0.2) is 51.9 Å². The van der Waals surface area contributed by atoms with Crippen LogP contribution < -0.4 is 10.9 Å². The van der Waals surface area contributed by atoms with Gasteiger partial charge in [-0.3, -0.25) is 9.69 Å². The molecule has 3 rings (SSSR count). The highest BCUT2D eigenvalue weighted by Gasteiger charge is 2.15. The molecule has 0 spiro atoms. The van der Waals surface area contributed by atoms with Gasteiger partial charge in [0, 0.05) is 32.2 Å². The lowest BCUT2D eigenvalue weighted by Crippen LogP contribution is -2.37. The fraction of sp³-hybridized carbons (Fsp3) is 0.294. The van der Waals surface area contributed by atoms with E-state index in [1.807, 2.05) is 0 Å². The van der Waals surface area contributed by atoms with Crippen molar-refractivity contribution >= 4 is 5.91 Å². The molecule has 0 bridgehead atoms. The van der Waals surface area contributed by atoms with Crippen molar-refractivity contribution < 1.29 is 9.21 Å². The topological polar surface area (TPSA) is 62.6 Å². The van der Waals surface area contributed by atoms with Gasteiger partial charge in [0.1, 0.15) is 6.26 Å². The fourth-order valence-electron chi connectivity index (χ4n) is 2.66. The van der Waals surface area contributed by atoms with Crippen molar-refractivity contribution in [2.75, 3.05) is 19.6 Å². The molecule has 0 radical (unpaired) electrons. The third-order valence-corrected chi connectivity index (χ3v) is 3.89. The van der Waals surface area contributed by atoms with E-state index in [2.05, 4.69) is 38.9 Å². The smallest absolute Gasteiger partial charge is 0.335 e. The van der Waals surface area contributed by atoms with Gasteiger partial charge < -0.3 is 9.73 Å². The van der Waals surface area contributed by atoms with Gasteiger partial charge in [-0.2, -0.15) is 0 Å². The Morgan fingerprint density at radius 1 is 1.18 bits per heavy atom. The predicted octanol–water partition coefficient (Wildman–Crippen LogP) is 1.43. The number of benzene rings is 1. The van der Waals surface area contributed by atoms with Crippen molar-refractivity contribution in [3.63, 3.8) is 0 Å². The van der Waals surface area contributed by atoms with Crippen LogP contribution >= 0.6 is 0 Å². The highest BCUT2D eigenvalue weighted by molar-refractivity contribution is 5.93. The summed E-state index contributed by atoms with van der Waals surface area (Å²) < 4.78 is 4.69. The van der Waals surface area contributed by atoms with E-state index < -0.39 is 5.63 Å². The van der Waals surface area contributed by atoms with E-state index in [-0.39, 0.29) is 5.91 Å². The fourth-order valence-corrected chi connectivity index (χ4v) is 2.66. The lowest BCUT2D eigenvalue weighted by atomic mass is 10.00. The molecule has 0 saturated carbocycles. The lowest BCUT2D eigenvalue weighted by molar-refractivity contribution is 0.0945. The van der Waals surface area contributed by atoms with Crippen molar-refractivity contribution in [1.82, 2.24) is 10.2 Å². The Morgan fingerprint density at radius 3 is 2.77 bits per heavy atom. The van der Waals surface area contributed by atoms with Gasteiger partial charge in [-0.25, -0.2) is 4.79 Å². The van der Waals surface area contributed by atoms with Crippen molar-refractivity contribution in [2.24, 2.45) is 0 Å². The number of nitrogens with one attached hydrogen (secondary N) is 1. The van der Waals surface area contributed by atoms with Crippen LogP contribution in [0, 0.1) is 0 Å². The van der Waals surface area contributed by atoms with Crippen molar-refractivity contribution in [2.45, 2.75) is 13.0 Å². The molecule has 1 aliphatic heterocycles. The van der Waals surface area contributed by atoms with Crippen molar-refractivity contribution in [3.05, 3.63) is 69.8 Å². The maximum Gasteiger partial charge on any atom is 0.335 e. The zero-order chi connectivity index (χ0) is 15.4. The molecule has 0 aliphatic carbocycles. The van der Waals surface area contributed by atoms with Crippen LogP contribution in [-0.4, -0.2) is 30.4 Å². The normalized spacial score (nSPS) is 14.4. The minimum absolute atomic E-state index is 0.221. The highest BCUT2D eigenvalue weighted by atomic mass is 16.4. The maximum absolute atomic E-state index is 11.9. The summed E-state index contributed by atoms with van der Waals surface area (Å²) in [6, 6.07) is 11.2. The van der Waals surface area contributed by atoms with E-state index in [1.54, 1.807) is 0 Å². The summed E-state index contributed by atoms with van der Waals surface area (Å²) in [5.41, 5.74) is 2.69. The van der Waals surface area contributed by atoms with Crippen LogP contribution in [0.25, 0.3) is 0 Å². The van der Waals surface area contributed by atoms with Gasteiger partial charge in [0.25, 0.3) is 5.91 Å². The molecule has 5 heteroatoms. The lowest BCUT2D eigenvalue weighted by Gasteiger charge is -2.28. The first-order valence-corrected chi connectivity index (χ1v) is 7.38. The molecule has 0 saturated heterocycles. The van der Waals surface area contributed by atoms with E-state index in [0.29, 0.717) is 12.1 Å². The predicted molar refractivity (Wildman–Crippen MR) is 82.7 cm³/mol. The number of carbonyl (C=O) groups excluding carboxylic acids is 1. The highest BCUT2D eigenvalue weighted by Crippen LogP contribution is 2.17. The number of rotatable bonds is 4. The maximum atomic E-state index is 11.9. The third-order valence-electron chi connectivity index (χ3n) is 3.89. The van der Waals surface area contributed by atoms with Crippen LogP contribution in [0.3, 0.4) is 0 Å². The average molecular weight is 298 g/mol. The molecule has 0 fully saturated rings. The molecule has 0 unspecified atom stereocenters. The second kappa shape index (κ2) is 6.58. The first-order chi connectivity index (χ1) is 10.7. The monoisotopic (exact) mass is 298 g/mol. The molecule has 5 nitrogen and oxygen atoms in total. The Bertz CT molecular complexity index is 703. The average Bonchev–Trinajstić information content (AvgIpc) is 2.55. The molecular formula is C17H18N2O3. The van der Waals surface area contributed by atoms with E-state index >= 15 is 0 Å².